The molecular weight excluding hydrogens is 314 g/mol. The van der Waals surface area contributed by atoms with Gasteiger partial charge in [-0.3, -0.25) is 4.79 Å². The number of nitrogens with zero attached hydrogens (tertiary/aromatic N) is 2. The van der Waals surface area contributed by atoms with E-state index in [-0.39, 0.29) is 12.5 Å². The minimum atomic E-state index is -0.294. The van der Waals surface area contributed by atoms with Gasteiger partial charge in [0.2, 0.25) is 0 Å². The van der Waals surface area contributed by atoms with Crippen LogP contribution in [-0.4, -0.2) is 23.3 Å². The fraction of sp³-hybridized carbons (Fsp3) is 0.200. The van der Waals surface area contributed by atoms with Crippen LogP contribution >= 0.6 is 0 Å². The number of ether oxygens (including phenoxy) is 1. The van der Waals surface area contributed by atoms with Gasteiger partial charge in [-0.1, -0.05) is 36.4 Å². The second-order valence-corrected chi connectivity index (χ2v) is 5.92. The largest absolute Gasteiger partial charge is 0.483 e. The van der Waals surface area contributed by atoms with Gasteiger partial charge in [-0.05, 0) is 31.5 Å². The van der Waals surface area contributed by atoms with Crippen LogP contribution in [0.2, 0.25) is 0 Å². The van der Waals surface area contributed by atoms with Gasteiger partial charge < -0.3 is 9.30 Å². The number of rotatable bonds is 5. The molecule has 0 aliphatic rings. The molecule has 1 heterocycles. The van der Waals surface area contributed by atoms with Gasteiger partial charge in [0, 0.05) is 29.2 Å². The Morgan fingerprint density at radius 1 is 1.16 bits per heavy atom. The Bertz CT molecular complexity index is 941. The molecule has 2 aromatic carbocycles. The van der Waals surface area contributed by atoms with Crippen LogP contribution in [0.3, 0.4) is 0 Å². The van der Waals surface area contributed by atoms with E-state index in [0.29, 0.717) is 5.75 Å². The molecule has 0 atom stereocenters. The van der Waals surface area contributed by atoms with E-state index in [9.17, 15) is 4.79 Å². The number of hydrazone groups is 1. The van der Waals surface area contributed by atoms with Crippen molar-refractivity contribution in [3.05, 3.63) is 65.4 Å². The van der Waals surface area contributed by atoms with Crippen molar-refractivity contribution in [1.29, 1.82) is 0 Å². The van der Waals surface area contributed by atoms with Gasteiger partial charge in [-0.15, -0.1) is 0 Å². The van der Waals surface area contributed by atoms with Crippen LogP contribution in [0.5, 0.6) is 5.75 Å². The summed E-state index contributed by atoms with van der Waals surface area (Å²) in [5.74, 6) is 0.406. The van der Waals surface area contributed by atoms with Crippen LogP contribution in [0.15, 0.2) is 53.6 Å². The first-order valence-electron chi connectivity index (χ1n) is 8.12. The Kier molecular flexibility index (Phi) is 4.84. The molecule has 0 fully saturated rings. The molecule has 128 valence electrons. The summed E-state index contributed by atoms with van der Waals surface area (Å²) in [6.07, 6.45) is 1.68. The number of nitrogens with one attached hydrogen (secondary N) is 1. The number of fused-ring (bicyclic) bond motifs is 1. The minimum Gasteiger partial charge on any atom is -0.483 e. The first-order chi connectivity index (χ1) is 12.1. The van der Waals surface area contributed by atoms with E-state index in [1.807, 2.05) is 63.4 Å². The molecule has 5 nitrogen and oxygen atoms in total. The molecule has 0 aliphatic heterocycles. The summed E-state index contributed by atoms with van der Waals surface area (Å²) in [4.78, 5) is 11.9. The normalized spacial score (nSPS) is 11.2. The van der Waals surface area contributed by atoms with Crippen LogP contribution in [0, 0.1) is 13.8 Å². The maximum atomic E-state index is 11.9. The Hall–Kier alpha value is -3.08. The van der Waals surface area contributed by atoms with Crippen molar-refractivity contribution in [2.24, 2.45) is 12.1 Å². The molecule has 0 saturated heterocycles. The maximum absolute atomic E-state index is 11.9. The van der Waals surface area contributed by atoms with Crippen LogP contribution in [0.4, 0.5) is 0 Å². The third-order valence-corrected chi connectivity index (χ3v) is 4.28. The van der Waals surface area contributed by atoms with E-state index >= 15 is 0 Å². The Labute approximate surface area is 146 Å². The molecular formula is C20H21N3O2. The Morgan fingerprint density at radius 3 is 2.68 bits per heavy atom. The van der Waals surface area contributed by atoms with Crippen molar-refractivity contribution in [2.45, 2.75) is 13.8 Å². The first kappa shape index (κ1) is 16.8. The van der Waals surface area contributed by atoms with Crippen LogP contribution in [0.25, 0.3) is 10.9 Å². The summed E-state index contributed by atoms with van der Waals surface area (Å²) in [7, 11) is 2.02. The molecule has 0 bridgehead atoms. The van der Waals surface area contributed by atoms with Crippen LogP contribution < -0.4 is 10.2 Å². The van der Waals surface area contributed by atoms with Gasteiger partial charge >= 0.3 is 0 Å². The topological polar surface area (TPSA) is 55.6 Å². The Balaban J connectivity index is 1.65. The van der Waals surface area contributed by atoms with Gasteiger partial charge in [-0.2, -0.15) is 5.10 Å². The second kappa shape index (κ2) is 7.21. The van der Waals surface area contributed by atoms with E-state index in [1.54, 1.807) is 6.21 Å². The molecule has 0 unspecified atom stereocenters. The number of hydrogen-bond acceptors (Lipinski definition) is 3. The van der Waals surface area contributed by atoms with Crippen LogP contribution in [0.1, 0.15) is 16.8 Å². The van der Waals surface area contributed by atoms with Gasteiger partial charge in [0.15, 0.2) is 6.61 Å². The fourth-order valence-corrected chi connectivity index (χ4v) is 2.78. The standard InChI is InChI=1S/C20H21N3O2/c1-14-8-4-7-11-19(14)25-13-20(24)22-21-12-17-15(2)23(3)18-10-6-5-9-16(17)18/h4-12H,13H2,1-3H3,(H,22,24)/b21-12+. The summed E-state index contributed by atoms with van der Waals surface area (Å²) in [6.45, 7) is 3.90. The van der Waals surface area contributed by atoms with Crippen molar-refractivity contribution >= 4 is 23.0 Å². The number of para-hydroxylation sites is 2. The smallest absolute Gasteiger partial charge is 0.277 e. The predicted molar refractivity (Wildman–Crippen MR) is 100 cm³/mol. The number of benzene rings is 2. The number of aromatic nitrogens is 1. The summed E-state index contributed by atoms with van der Waals surface area (Å²) >= 11 is 0. The molecule has 5 heteroatoms. The highest BCUT2D eigenvalue weighted by Gasteiger charge is 2.09. The zero-order valence-corrected chi connectivity index (χ0v) is 14.6. The fourth-order valence-electron chi connectivity index (χ4n) is 2.78. The summed E-state index contributed by atoms with van der Waals surface area (Å²) in [5.41, 5.74) is 6.74. The average Bonchev–Trinajstić information content (AvgIpc) is 2.86. The molecule has 1 aromatic heterocycles. The SMILES string of the molecule is Cc1ccccc1OCC(=O)N/N=C/c1c(C)n(C)c2ccccc12. The highest BCUT2D eigenvalue weighted by Crippen LogP contribution is 2.23. The summed E-state index contributed by atoms with van der Waals surface area (Å²) in [5, 5.41) is 5.19. The molecule has 0 spiro atoms. The maximum Gasteiger partial charge on any atom is 0.277 e. The lowest BCUT2D eigenvalue weighted by Gasteiger charge is -2.07. The van der Waals surface area contributed by atoms with Crippen molar-refractivity contribution in [1.82, 2.24) is 9.99 Å². The first-order valence-corrected chi connectivity index (χ1v) is 8.12. The van der Waals surface area contributed by atoms with Crippen molar-refractivity contribution in [2.75, 3.05) is 6.61 Å². The summed E-state index contributed by atoms with van der Waals surface area (Å²) in [6, 6.07) is 15.7. The number of carbonyl (C=O) groups excluding carboxylic acids is 1. The molecule has 3 aromatic rings. The van der Waals surface area contributed by atoms with Crippen molar-refractivity contribution in [3.63, 3.8) is 0 Å². The van der Waals surface area contributed by atoms with Crippen molar-refractivity contribution < 1.29 is 9.53 Å². The number of amides is 1. The third kappa shape index (κ3) is 3.55. The van der Waals surface area contributed by atoms with Gasteiger partial charge in [0.1, 0.15) is 5.75 Å². The molecule has 0 radical (unpaired) electrons. The number of aryl methyl sites for hydroxylation is 2. The lowest BCUT2D eigenvalue weighted by Crippen LogP contribution is -2.24. The van der Waals surface area contributed by atoms with Gasteiger partial charge in [-0.25, -0.2) is 5.43 Å². The molecule has 3 rings (SSSR count). The third-order valence-electron chi connectivity index (χ3n) is 4.28. The van der Waals surface area contributed by atoms with E-state index in [2.05, 4.69) is 21.2 Å². The molecule has 1 amide bonds. The lowest BCUT2D eigenvalue weighted by atomic mass is 10.1. The molecule has 25 heavy (non-hydrogen) atoms. The second-order valence-electron chi connectivity index (χ2n) is 5.92. The zero-order valence-electron chi connectivity index (χ0n) is 14.6. The predicted octanol–water partition coefficient (Wildman–Crippen LogP) is 3.32. The monoisotopic (exact) mass is 335 g/mol. The number of hydrogen-bond donors (Lipinski definition) is 1. The lowest BCUT2D eigenvalue weighted by molar-refractivity contribution is -0.123. The van der Waals surface area contributed by atoms with Crippen LogP contribution in [-0.2, 0) is 11.8 Å². The number of carbonyl (C=O) groups is 1. The Morgan fingerprint density at radius 2 is 1.88 bits per heavy atom. The molecule has 1 N–H and O–H groups in total. The highest BCUT2D eigenvalue weighted by molar-refractivity contribution is 6.01. The average molecular weight is 335 g/mol. The highest BCUT2D eigenvalue weighted by atomic mass is 16.5. The summed E-state index contributed by atoms with van der Waals surface area (Å²) < 4.78 is 7.62. The minimum absolute atomic E-state index is 0.0727. The molecule has 0 aliphatic carbocycles. The quantitative estimate of drug-likeness (QED) is 0.574. The van der Waals surface area contributed by atoms with Gasteiger partial charge in [0.25, 0.3) is 5.91 Å². The van der Waals surface area contributed by atoms with E-state index < -0.39 is 0 Å². The van der Waals surface area contributed by atoms with E-state index in [4.69, 9.17) is 4.74 Å². The molecule has 0 saturated carbocycles. The van der Waals surface area contributed by atoms with Crippen molar-refractivity contribution in [3.8, 4) is 5.75 Å². The van der Waals surface area contributed by atoms with E-state index in [0.717, 1.165) is 27.7 Å². The van der Waals surface area contributed by atoms with E-state index in [1.165, 1.54) is 0 Å². The zero-order chi connectivity index (χ0) is 17.8. The van der Waals surface area contributed by atoms with Gasteiger partial charge in [0.05, 0.1) is 6.21 Å².